The number of aromatic nitrogens is 2. The zero-order valence-corrected chi connectivity index (χ0v) is 7.51. The second-order valence-corrected chi connectivity index (χ2v) is 3.34. The van der Waals surface area contributed by atoms with E-state index in [9.17, 15) is 0 Å². The summed E-state index contributed by atoms with van der Waals surface area (Å²) in [7, 11) is 0. The standard InChI is InChI=1S/C9H8N2S/c1-7-4-9(11-6-10-7)8-2-3-12-5-8/h2-6H,1H3. The Kier molecular flexibility index (Phi) is 1.87. The second-order valence-electron chi connectivity index (χ2n) is 2.56. The van der Waals surface area contributed by atoms with Gasteiger partial charge in [0, 0.05) is 16.6 Å². The fraction of sp³-hybridized carbons (Fsp3) is 0.111. The summed E-state index contributed by atoms with van der Waals surface area (Å²) in [6.45, 7) is 1.97. The molecule has 0 aliphatic heterocycles. The van der Waals surface area contributed by atoms with Gasteiger partial charge in [-0.15, -0.1) is 0 Å². The third-order valence-corrected chi connectivity index (χ3v) is 2.30. The van der Waals surface area contributed by atoms with Gasteiger partial charge in [0.2, 0.25) is 0 Å². The summed E-state index contributed by atoms with van der Waals surface area (Å²) < 4.78 is 0. The molecule has 0 N–H and O–H groups in total. The molecule has 2 heterocycles. The van der Waals surface area contributed by atoms with E-state index < -0.39 is 0 Å². The molecule has 12 heavy (non-hydrogen) atoms. The minimum absolute atomic E-state index is 1.00. The van der Waals surface area contributed by atoms with Crippen LogP contribution in [0.2, 0.25) is 0 Å². The van der Waals surface area contributed by atoms with Crippen molar-refractivity contribution >= 4 is 11.3 Å². The van der Waals surface area contributed by atoms with Gasteiger partial charge in [-0.3, -0.25) is 0 Å². The third kappa shape index (κ3) is 1.36. The molecule has 0 aliphatic rings. The topological polar surface area (TPSA) is 25.8 Å². The average Bonchev–Trinajstić information content (AvgIpc) is 2.56. The van der Waals surface area contributed by atoms with E-state index in [1.807, 2.05) is 18.4 Å². The van der Waals surface area contributed by atoms with Crippen LogP contribution in [0.1, 0.15) is 5.69 Å². The fourth-order valence-electron chi connectivity index (χ4n) is 1.02. The van der Waals surface area contributed by atoms with Crippen LogP contribution in [0.3, 0.4) is 0 Å². The minimum atomic E-state index is 1.00. The first-order valence-electron chi connectivity index (χ1n) is 3.67. The van der Waals surface area contributed by atoms with E-state index in [0.717, 1.165) is 11.4 Å². The highest BCUT2D eigenvalue weighted by Gasteiger charge is 1.98. The van der Waals surface area contributed by atoms with E-state index >= 15 is 0 Å². The first-order valence-corrected chi connectivity index (χ1v) is 4.62. The van der Waals surface area contributed by atoms with Crippen molar-refractivity contribution in [2.24, 2.45) is 0 Å². The summed E-state index contributed by atoms with van der Waals surface area (Å²) in [6, 6.07) is 4.05. The largest absolute Gasteiger partial charge is 0.242 e. The molecule has 0 saturated heterocycles. The molecule has 2 nitrogen and oxygen atoms in total. The van der Waals surface area contributed by atoms with Crippen LogP contribution in [0.15, 0.2) is 29.2 Å². The van der Waals surface area contributed by atoms with Gasteiger partial charge < -0.3 is 0 Å². The van der Waals surface area contributed by atoms with Crippen LogP contribution >= 0.6 is 11.3 Å². The van der Waals surface area contributed by atoms with Crippen molar-refractivity contribution in [2.45, 2.75) is 6.92 Å². The van der Waals surface area contributed by atoms with Crippen molar-refractivity contribution in [2.75, 3.05) is 0 Å². The first kappa shape index (κ1) is 7.43. The quantitative estimate of drug-likeness (QED) is 0.667. The van der Waals surface area contributed by atoms with Gasteiger partial charge in [0.25, 0.3) is 0 Å². The van der Waals surface area contributed by atoms with Crippen molar-refractivity contribution in [1.29, 1.82) is 0 Å². The maximum atomic E-state index is 4.18. The lowest BCUT2D eigenvalue weighted by Crippen LogP contribution is -1.85. The molecule has 60 valence electrons. The molecule has 2 aromatic heterocycles. The molecule has 0 fully saturated rings. The van der Waals surface area contributed by atoms with E-state index in [4.69, 9.17) is 0 Å². The van der Waals surface area contributed by atoms with E-state index in [0.29, 0.717) is 0 Å². The van der Waals surface area contributed by atoms with Gasteiger partial charge in [0.1, 0.15) is 6.33 Å². The zero-order valence-electron chi connectivity index (χ0n) is 6.69. The van der Waals surface area contributed by atoms with Gasteiger partial charge in [0.15, 0.2) is 0 Å². The van der Waals surface area contributed by atoms with E-state index in [2.05, 4.69) is 21.4 Å². The Hall–Kier alpha value is -1.22. The van der Waals surface area contributed by atoms with Crippen molar-refractivity contribution in [1.82, 2.24) is 9.97 Å². The Morgan fingerprint density at radius 2 is 2.25 bits per heavy atom. The number of rotatable bonds is 1. The van der Waals surface area contributed by atoms with Crippen LogP contribution in [0.25, 0.3) is 11.3 Å². The highest BCUT2D eigenvalue weighted by atomic mass is 32.1. The Bertz CT molecular complexity index is 368. The van der Waals surface area contributed by atoms with E-state index in [1.165, 1.54) is 5.56 Å². The number of nitrogens with zero attached hydrogens (tertiary/aromatic N) is 2. The molecular weight excluding hydrogens is 168 g/mol. The Balaban J connectivity index is 2.48. The number of hydrogen-bond donors (Lipinski definition) is 0. The number of thiophene rings is 1. The van der Waals surface area contributed by atoms with Crippen molar-refractivity contribution in [3.8, 4) is 11.3 Å². The summed E-state index contributed by atoms with van der Waals surface area (Å²) in [4.78, 5) is 8.22. The molecule has 0 unspecified atom stereocenters. The van der Waals surface area contributed by atoms with Gasteiger partial charge in [0.05, 0.1) is 5.69 Å². The normalized spacial score (nSPS) is 10.1. The van der Waals surface area contributed by atoms with Gasteiger partial charge in [-0.05, 0) is 24.4 Å². The maximum Gasteiger partial charge on any atom is 0.116 e. The number of aryl methyl sites for hydroxylation is 1. The second kappa shape index (κ2) is 3.03. The summed E-state index contributed by atoms with van der Waals surface area (Å²) in [5.41, 5.74) is 3.18. The van der Waals surface area contributed by atoms with Gasteiger partial charge in [-0.1, -0.05) is 0 Å². The van der Waals surface area contributed by atoms with Crippen molar-refractivity contribution in [3.05, 3.63) is 34.9 Å². The van der Waals surface area contributed by atoms with Gasteiger partial charge in [-0.25, -0.2) is 9.97 Å². The molecule has 0 bridgehead atoms. The molecule has 3 heteroatoms. The van der Waals surface area contributed by atoms with Crippen LogP contribution in [0, 0.1) is 6.92 Å². The number of hydrogen-bond acceptors (Lipinski definition) is 3. The van der Waals surface area contributed by atoms with Crippen LogP contribution in [-0.4, -0.2) is 9.97 Å². The van der Waals surface area contributed by atoms with Crippen LogP contribution in [-0.2, 0) is 0 Å². The smallest absolute Gasteiger partial charge is 0.116 e. The molecule has 0 spiro atoms. The predicted octanol–water partition coefficient (Wildman–Crippen LogP) is 2.51. The van der Waals surface area contributed by atoms with Crippen molar-refractivity contribution in [3.63, 3.8) is 0 Å². The molecule has 0 radical (unpaired) electrons. The SMILES string of the molecule is Cc1cc(-c2ccsc2)ncn1. The lowest BCUT2D eigenvalue weighted by atomic mass is 10.2. The lowest BCUT2D eigenvalue weighted by molar-refractivity contribution is 1.11. The zero-order chi connectivity index (χ0) is 8.39. The van der Waals surface area contributed by atoms with Crippen molar-refractivity contribution < 1.29 is 0 Å². The molecular formula is C9H8N2S. The minimum Gasteiger partial charge on any atom is -0.242 e. The van der Waals surface area contributed by atoms with Crippen LogP contribution < -0.4 is 0 Å². The monoisotopic (exact) mass is 176 g/mol. The summed E-state index contributed by atoms with van der Waals surface area (Å²) >= 11 is 1.68. The first-order chi connectivity index (χ1) is 5.86. The van der Waals surface area contributed by atoms with Crippen LogP contribution in [0.5, 0.6) is 0 Å². The summed E-state index contributed by atoms with van der Waals surface area (Å²) in [6.07, 6.45) is 1.60. The summed E-state index contributed by atoms with van der Waals surface area (Å²) in [5, 5.41) is 4.13. The van der Waals surface area contributed by atoms with Crippen LogP contribution in [0.4, 0.5) is 0 Å². The Labute approximate surface area is 74.9 Å². The molecule has 2 rings (SSSR count). The maximum absolute atomic E-state index is 4.18. The van der Waals surface area contributed by atoms with Gasteiger partial charge in [-0.2, -0.15) is 11.3 Å². The molecule has 0 aromatic carbocycles. The van der Waals surface area contributed by atoms with Gasteiger partial charge >= 0.3 is 0 Å². The Morgan fingerprint density at radius 1 is 1.33 bits per heavy atom. The fourth-order valence-corrected chi connectivity index (χ4v) is 1.67. The average molecular weight is 176 g/mol. The Morgan fingerprint density at radius 3 is 2.92 bits per heavy atom. The molecule has 2 aromatic rings. The molecule has 0 atom stereocenters. The highest BCUT2D eigenvalue weighted by molar-refractivity contribution is 7.08. The predicted molar refractivity (Wildman–Crippen MR) is 50.1 cm³/mol. The molecule has 0 aliphatic carbocycles. The molecule has 0 amide bonds. The third-order valence-electron chi connectivity index (χ3n) is 1.62. The summed E-state index contributed by atoms with van der Waals surface area (Å²) in [5.74, 6) is 0. The van der Waals surface area contributed by atoms with E-state index in [1.54, 1.807) is 17.7 Å². The lowest BCUT2D eigenvalue weighted by Gasteiger charge is -1.95. The molecule has 0 saturated carbocycles. The van der Waals surface area contributed by atoms with E-state index in [-0.39, 0.29) is 0 Å². The highest BCUT2D eigenvalue weighted by Crippen LogP contribution is 2.19.